The van der Waals surface area contributed by atoms with E-state index in [1.807, 2.05) is 120 Å². The number of carbonyl (C=O) groups excluding carboxylic acids is 5. The van der Waals surface area contributed by atoms with Crippen molar-refractivity contribution in [2.45, 2.75) is 156 Å². The van der Waals surface area contributed by atoms with E-state index in [0.29, 0.717) is 107 Å². The molecule has 502 valence electrons. The van der Waals surface area contributed by atoms with Crippen LogP contribution >= 0.6 is 45.3 Å². The van der Waals surface area contributed by atoms with E-state index in [0.717, 1.165) is 82.9 Å². The van der Waals surface area contributed by atoms with Crippen LogP contribution in [0.15, 0.2) is 159 Å². The Bertz CT molecular complexity index is 3870. The molecule has 0 aliphatic heterocycles. The number of hydrogen-bond acceptors (Lipinski definition) is 21. The molecule has 2 unspecified atom stereocenters. The van der Waals surface area contributed by atoms with Crippen molar-refractivity contribution in [1.29, 1.82) is 0 Å². The predicted molar refractivity (Wildman–Crippen MR) is 373 cm³/mol. The number of aryl methyl sites for hydroxylation is 1. The summed E-state index contributed by atoms with van der Waals surface area (Å²) >= 11 is 6.26. The molecule has 12 rings (SSSR count). The second kappa shape index (κ2) is 39.0. The third-order valence-corrected chi connectivity index (χ3v) is 18.9. The van der Waals surface area contributed by atoms with E-state index in [9.17, 15) is 24.0 Å². The number of nitrogens with one attached hydrogen (secondary N) is 1. The first kappa shape index (κ1) is 72.7. The number of carbonyl (C=O) groups is 5. The van der Waals surface area contributed by atoms with Gasteiger partial charge in [0.15, 0.2) is 57.6 Å². The molecule has 2 atom stereocenters. The van der Waals surface area contributed by atoms with E-state index in [-0.39, 0.29) is 48.2 Å². The predicted octanol–water partition coefficient (Wildman–Crippen LogP) is 19.0. The number of aromatic nitrogens is 5. The van der Waals surface area contributed by atoms with E-state index >= 15 is 0 Å². The van der Waals surface area contributed by atoms with Gasteiger partial charge >= 0.3 is 0 Å². The Morgan fingerprint density at radius 2 is 0.937 bits per heavy atom. The molecule has 0 bridgehead atoms. The molecule has 2 fully saturated rings. The number of unbranched alkanes of at least 4 members (excludes halogenated alkanes) is 7. The smallest absolute Gasteiger partial charge is 0.273 e. The lowest BCUT2D eigenvalue weighted by Gasteiger charge is -2.06. The van der Waals surface area contributed by atoms with Crippen LogP contribution in [0.2, 0.25) is 0 Å². The van der Waals surface area contributed by atoms with Gasteiger partial charge in [0.2, 0.25) is 0 Å². The lowest BCUT2D eigenvalue weighted by atomic mass is 10.0. The fourth-order valence-electron chi connectivity index (χ4n) is 9.28. The van der Waals surface area contributed by atoms with Gasteiger partial charge in [-0.2, -0.15) is 0 Å². The van der Waals surface area contributed by atoms with Gasteiger partial charge in [-0.1, -0.05) is 158 Å². The number of aliphatic hydroxyl groups excluding tert-OH is 2. The van der Waals surface area contributed by atoms with E-state index in [2.05, 4.69) is 44.9 Å². The molecule has 2 saturated carbocycles. The van der Waals surface area contributed by atoms with Crippen LogP contribution in [-0.4, -0.2) is 84.3 Å². The Balaban J connectivity index is 0.000000153. The van der Waals surface area contributed by atoms with Gasteiger partial charge in [0.05, 0.1) is 19.5 Å². The van der Waals surface area contributed by atoms with Crippen LogP contribution in [0.1, 0.15) is 201 Å². The number of ketones is 4. The lowest BCUT2D eigenvalue weighted by molar-refractivity contribution is 0.0937. The second-order valence-electron chi connectivity index (χ2n) is 23.8. The summed E-state index contributed by atoms with van der Waals surface area (Å²) in [7, 11) is 0. The van der Waals surface area contributed by atoms with Gasteiger partial charge in [-0.3, -0.25) is 24.0 Å². The highest BCUT2D eigenvalue weighted by Gasteiger charge is 2.27. The van der Waals surface area contributed by atoms with Crippen molar-refractivity contribution in [3.63, 3.8) is 0 Å². The molecule has 18 nitrogen and oxygen atoms in total. The largest absolute Gasteiger partial charge is 0.396 e. The number of allylic oxidation sites excluding steroid dienone is 1. The van der Waals surface area contributed by atoms with Gasteiger partial charge in [-0.05, 0) is 122 Å². The number of aliphatic hydroxyl groups is 2. The third-order valence-electron chi connectivity index (χ3n) is 15.4. The summed E-state index contributed by atoms with van der Waals surface area (Å²) in [4.78, 5) is 63.4. The molecular weight excluding hydrogens is 1280 g/mol. The van der Waals surface area contributed by atoms with Crippen molar-refractivity contribution >= 4 is 74.4 Å². The number of nitrogens with zero attached hydrogens (tertiary/aromatic N) is 5. The van der Waals surface area contributed by atoms with Gasteiger partial charge in [0, 0.05) is 80.8 Å². The Morgan fingerprint density at radius 1 is 0.516 bits per heavy atom. The summed E-state index contributed by atoms with van der Waals surface area (Å²) in [6, 6.07) is 32.5. The molecule has 2 aliphatic rings. The third kappa shape index (κ3) is 24.9. The van der Waals surface area contributed by atoms with Crippen LogP contribution in [0.25, 0.3) is 53.9 Å². The van der Waals surface area contributed by atoms with E-state index < -0.39 is 0 Å². The molecule has 95 heavy (non-hydrogen) atoms. The highest BCUT2D eigenvalue weighted by molar-refractivity contribution is 7.14. The van der Waals surface area contributed by atoms with Gasteiger partial charge in [0.1, 0.15) is 22.8 Å². The first-order valence-electron chi connectivity index (χ1n) is 32.6. The van der Waals surface area contributed by atoms with Crippen LogP contribution in [-0.2, 0) is 0 Å². The highest BCUT2D eigenvalue weighted by Crippen LogP contribution is 2.34. The summed E-state index contributed by atoms with van der Waals surface area (Å²) in [5.74, 6) is 4.44. The highest BCUT2D eigenvalue weighted by atomic mass is 32.1. The minimum atomic E-state index is -0.144. The molecule has 9 heterocycles. The average molecular weight is 1370 g/mol. The lowest BCUT2D eigenvalue weighted by Crippen LogP contribution is -2.25. The topological polar surface area (TPSA) is 268 Å². The maximum atomic E-state index is 12.1. The molecule has 9 aromatic heterocycles. The van der Waals surface area contributed by atoms with Crippen molar-refractivity contribution in [1.82, 2.24) is 31.1 Å². The summed E-state index contributed by atoms with van der Waals surface area (Å²) in [6.45, 7) is 8.58. The summed E-state index contributed by atoms with van der Waals surface area (Å²) in [6.07, 6.45) is 22.0. The van der Waals surface area contributed by atoms with Crippen molar-refractivity contribution in [2.24, 2.45) is 17.8 Å². The van der Waals surface area contributed by atoms with E-state index in [1.54, 1.807) is 75.7 Å². The Hall–Kier alpha value is -8.12. The van der Waals surface area contributed by atoms with Crippen molar-refractivity contribution in [3.8, 4) is 53.9 Å². The molecule has 0 saturated heterocycles. The molecule has 22 heteroatoms. The van der Waals surface area contributed by atoms with Crippen LogP contribution < -0.4 is 5.32 Å². The fraction of sp³-hybridized carbons (Fsp3) is 0.397. The number of rotatable bonds is 32. The Labute approximate surface area is 570 Å². The van der Waals surface area contributed by atoms with Crippen LogP contribution in [0.3, 0.4) is 0 Å². The molecule has 0 radical (unpaired) electrons. The zero-order chi connectivity index (χ0) is 67.2. The molecule has 1 amide bonds. The molecule has 10 aromatic rings. The zero-order valence-electron chi connectivity index (χ0n) is 54.3. The number of amides is 1. The zero-order valence-corrected chi connectivity index (χ0v) is 57.5. The van der Waals surface area contributed by atoms with Crippen LogP contribution in [0.4, 0.5) is 0 Å². The quantitative estimate of drug-likeness (QED) is 0.0201. The number of benzene rings is 1. The SMILES string of the molecule is CC(/C=C/CCC(=O)c1cc(-c2cccs2)on1)CO.CC(CO)CCCCCCC(=O)c1cc(-c2cccs2)on1.CCCCCCCC(=O)c1cc(-c2cccs2)on1.Cc1ccc(-c2cc(C(=O)CC3CC3)no2)cc1.O=C(NC1CC1)c1cc(-c2cccs2)on1. The maximum Gasteiger partial charge on any atom is 0.273 e. The Kier molecular flexibility index (Phi) is 29.9. The van der Waals surface area contributed by atoms with E-state index in [4.69, 9.17) is 32.8 Å². The van der Waals surface area contributed by atoms with Crippen LogP contribution in [0, 0.1) is 24.7 Å². The fourth-order valence-corrected chi connectivity index (χ4v) is 12.0. The summed E-state index contributed by atoms with van der Waals surface area (Å²) < 4.78 is 26.0. The van der Waals surface area contributed by atoms with Crippen LogP contribution in [0.5, 0.6) is 0 Å². The normalized spacial score (nSPS) is 13.1. The first-order valence-corrected chi connectivity index (χ1v) is 36.2. The monoisotopic (exact) mass is 1360 g/mol. The first-order chi connectivity index (χ1) is 46.3. The number of thiophene rings is 4. The molecular formula is C73H84N6O12S4. The average Bonchev–Trinajstić information content (AvgIpc) is 2.56. The standard InChI is InChI=1S/C17H23NO3S.C15H17NO3S.C15H19NO2S.C15H15NO2.C11H10N2O2S/c1-13(12-19)7-4-2-3-5-8-15(20)14-11-16(21-18-14)17-9-6-10-22-17;1-11(10-17)5-2-3-6-13(18)12-9-14(19-16-12)15-7-4-8-20-15;1-2-3-4-5-6-8-13(17)12-11-14(18-16-12)15-9-7-10-19-15;1-10-2-6-12(7-3-10)15-9-13(16-18-15)14(17)8-11-4-5-11;14-11(12-7-3-4-7)8-6-9(15-13-8)10-2-1-5-16-10/h6,9-11,13,19H,2-5,7-8,12H2,1H3;2,4-5,7-9,11,17H,3,6,10H2,1H3;7,9-11H,2-6,8H2,1H3;2-3,6-7,9,11H,4-5,8H2,1H3;1-2,5-7H,3-4H2,(H,12,14)/b;5-2+;;;. The second-order valence-corrected chi connectivity index (χ2v) is 27.6. The number of Topliss-reactive ketones (excluding diaryl/α,β-unsaturated/α-hetero) is 4. The Morgan fingerprint density at radius 3 is 1.37 bits per heavy atom. The molecule has 2 aliphatic carbocycles. The molecule has 1 aromatic carbocycles. The van der Waals surface area contributed by atoms with Gasteiger partial charge < -0.3 is 38.1 Å². The minimum absolute atomic E-state index is 0.0298. The summed E-state index contributed by atoms with van der Waals surface area (Å²) in [5.41, 5.74) is 4.22. The maximum absolute atomic E-state index is 12.1. The van der Waals surface area contributed by atoms with Gasteiger partial charge in [-0.25, -0.2) is 0 Å². The minimum Gasteiger partial charge on any atom is -0.396 e. The molecule has 3 N–H and O–H groups in total. The number of hydrogen-bond donors (Lipinski definition) is 3. The van der Waals surface area contributed by atoms with Gasteiger partial charge in [-0.15, -0.1) is 45.3 Å². The van der Waals surface area contributed by atoms with Crippen molar-refractivity contribution in [3.05, 3.63) is 171 Å². The summed E-state index contributed by atoms with van der Waals surface area (Å²) in [5, 5.41) is 47.8. The van der Waals surface area contributed by atoms with Crippen molar-refractivity contribution in [2.75, 3.05) is 13.2 Å². The van der Waals surface area contributed by atoms with Crippen molar-refractivity contribution < 1.29 is 56.8 Å². The molecule has 0 spiro atoms. The van der Waals surface area contributed by atoms with Gasteiger partial charge in [0.25, 0.3) is 5.91 Å². The van der Waals surface area contributed by atoms with E-state index in [1.165, 1.54) is 37.7 Å².